The predicted molar refractivity (Wildman–Crippen MR) is 88.4 cm³/mol. The van der Waals surface area contributed by atoms with Gasteiger partial charge in [-0.3, -0.25) is 0 Å². The van der Waals surface area contributed by atoms with Crippen molar-refractivity contribution in [1.82, 2.24) is 0 Å². The number of piperidine rings is 1. The van der Waals surface area contributed by atoms with Crippen LogP contribution < -0.4 is 10.6 Å². The first kappa shape index (κ1) is 15.4. The van der Waals surface area contributed by atoms with Gasteiger partial charge in [-0.15, -0.1) is 0 Å². The fraction of sp³-hybridized carbons (Fsp3) is 0.667. The maximum Gasteiger partial charge on any atom is 0.0399 e. The molecule has 0 aromatic heterocycles. The summed E-state index contributed by atoms with van der Waals surface area (Å²) in [5, 5.41) is 0. The standard InChI is InChI=1S/C18H30N2/c1-4-18(5-2)9-12-20(13-10-18)17-7-6-15(3)14-16(17)8-11-19/h6-7,14H,4-5,8-13,19H2,1-3H3. The van der Waals surface area contributed by atoms with E-state index in [2.05, 4.69) is 43.9 Å². The van der Waals surface area contributed by atoms with E-state index in [0.29, 0.717) is 5.41 Å². The summed E-state index contributed by atoms with van der Waals surface area (Å²) in [7, 11) is 0. The normalized spacial score (nSPS) is 18.3. The van der Waals surface area contributed by atoms with Crippen LogP contribution in [0, 0.1) is 12.3 Å². The molecule has 1 aliphatic rings. The highest BCUT2D eigenvalue weighted by Gasteiger charge is 2.31. The van der Waals surface area contributed by atoms with E-state index in [1.807, 2.05) is 0 Å². The summed E-state index contributed by atoms with van der Waals surface area (Å²) in [5.74, 6) is 0. The number of nitrogens with two attached hydrogens (primary N) is 1. The van der Waals surface area contributed by atoms with Crippen molar-refractivity contribution in [2.45, 2.75) is 52.9 Å². The number of rotatable bonds is 5. The molecule has 2 N–H and O–H groups in total. The Labute approximate surface area is 124 Å². The monoisotopic (exact) mass is 274 g/mol. The molecule has 2 heteroatoms. The maximum atomic E-state index is 5.78. The minimum absolute atomic E-state index is 0.592. The Kier molecular flexibility index (Phi) is 5.09. The second-order valence-corrected chi connectivity index (χ2v) is 6.36. The topological polar surface area (TPSA) is 29.3 Å². The summed E-state index contributed by atoms with van der Waals surface area (Å²) in [6.45, 7) is 10.00. The molecule has 0 amide bonds. The zero-order valence-electron chi connectivity index (χ0n) is 13.4. The molecular formula is C18H30N2. The fourth-order valence-electron chi connectivity index (χ4n) is 3.56. The lowest BCUT2D eigenvalue weighted by atomic mass is 9.74. The summed E-state index contributed by atoms with van der Waals surface area (Å²) >= 11 is 0. The van der Waals surface area contributed by atoms with Crippen molar-refractivity contribution in [2.75, 3.05) is 24.5 Å². The van der Waals surface area contributed by atoms with Crippen LogP contribution in [0.5, 0.6) is 0 Å². The number of benzene rings is 1. The Balaban J connectivity index is 2.14. The van der Waals surface area contributed by atoms with Gasteiger partial charge in [0.2, 0.25) is 0 Å². The quantitative estimate of drug-likeness (QED) is 0.882. The van der Waals surface area contributed by atoms with Crippen LogP contribution in [0.15, 0.2) is 18.2 Å². The van der Waals surface area contributed by atoms with Crippen LogP contribution in [-0.2, 0) is 6.42 Å². The molecule has 0 saturated carbocycles. The maximum absolute atomic E-state index is 5.78. The molecule has 1 aromatic carbocycles. The molecular weight excluding hydrogens is 244 g/mol. The Morgan fingerprint density at radius 2 is 1.80 bits per heavy atom. The Hall–Kier alpha value is -1.02. The van der Waals surface area contributed by atoms with Crippen LogP contribution >= 0.6 is 0 Å². The summed E-state index contributed by atoms with van der Waals surface area (Å²) in [6.07, 6.45) is 6.29. The lowest BCUT2D eigenvalue weighted by Crippen LogP contribution is -2.40. The first-order chi connectivity index (χ1) is 9.64. The van der Waals surface area contributed by atoms with Gasteiger partial charge >= 0.3 is 0 Å². The molecule has 1 saturated heterocycles. The van der Waals surface area contributed by atoms with Gasteiger partial charge in [-0.05, 0) is 49.8 Å². The van der Waals surface area contributed by atoms with Crippen LogP contribution in [0.25, 0.3) is 0 Å². The molecule has 1 aliphatic heterocycles. The Bertz CT molecular complexity index is 425. The molecule has 112 valence electrons. The summed E-state index contributed by atoms with van der Waals surface area (Å²) in [5.41, 5.74) is 10.6. The molecule has 1 aromatic rings. The van der Waals surface area contributed by atoms with Gasteiger partial charge in [0.05, 0.1) is 0 Å². The van der Waals surface area contributed by atoms with Crippen LogP contribution in [0.3, 0.4) is 0 Å². The van der Waals surface area contributed by atoms with Crippen molar-refractivity contribution >= 4 is 5.69 Å². The predicted octanol–water partition coefficient (Wildman–Crippen LogP) is 3.90. The van der Waals surface area contributed by atoms with Gasteiger partial charge < -0.3 is 10.6 Å². The van der Waals surface area contributed by atoms with Crippen molar-refractivity contribution < 1.29 is 0 Å². The van der Waals surface area contributed by atoms with Crippen LogP contribution in [-0.4, -0.2) is 19.6 Å². The molecule has 0 radical (unpaired) electrons. The lowest BCUT2D eigenvalue weighted by Gasteiger charge is -2.42. The van der Waals surface area contributed by atoms with E-state index in [4.69, 9.17) is 5.73 Å². The first-order valence-electron chi connectivity index (χ1n) is 8.18. The minimum atomic E-state index is 0.592. The van der Waals surface area contributed by atoms with E-state index >= 15 is 0 Å². The van der Waals surface area contributed by atoms with Gasteiger partial charge in [-0.1, -0.05) is 44.4 Å². The van der Waals surface area contributed by atoms with Gasteiger partial charge in [0.1, 0.15) is 0 Å². The van der Waals surface area contributed by atoms with Gasteiger partial charge in [-0.25, -0.2) is 0 Å². The second-order valence-electron chi connectivity index (χ2n) is 6.36. The third kappa shape index (κ3) is 3.17. The molecule has 20 heavy (non-hydrogen) atoms. The van der Waals surface area contributed by atoms with Crippen molar-refractivity contribution in [2.24, 2.45) is 11.1 Å². The molecule has 1 heterocycles. The number of aryl methyl sites for hydroxylation is 1. The van der Waals surface area contributed by atoms with Gasteiger partial charge in [0.15, 0.2) is 0 Å². The molecule has 0 unspecified atom stereocenters. The molecule has 0 atom stereocenters. The van der Waals surface area contributed by atoms with E-state index in [1.54, 1.807) is 0 Å². The second kappa shape index (κ2) is 6.62. The van der Waals surface area contributed by atoms with E-state index in [1.165, 1.54) is 55.6 Å². The number of anilines is 1. The van der Waals surface area contributed by atoms with E-state index in [-0.39, 0.29) is 0 Å². The van der Waals surface area contributed by atoms with Crippen molar-refractivity contribution in [3.63, 3.8) is 0 Å². The minimum Gasteiger partial charge on any atom is -0.371 e. The van der Waals surface area contributed by atoms with Crippen molar-refractivity contribution in [3.8, 4) is 0 Å². The third-order valence-corrected chi connectivity index (χ3v) is 5.31. The van der Waals surface area contributed by atoms with E-state index in [9.17, 15) is 0 Å². The van der Waals surface area contributed by atoms with Crippen molar-refractivity contribution in [1.29, 1.82) is 0 Å². The van der Waals surface area contributed by atoms with Crippen LogP contribution in [0.4, 0.5) is 5.69 Å². The van der Waals surface area contributed by atoms with Gasteiger partial charge in [0, 0.05) is 18.8 Å². The average Bonchev–Trinajstić information content (AvgIpc) is 2.48. The molecule has 0 bridgehead atoms. The third-order valence-electron chi connectivity index (χ3n) is 5.31. The molecule has 2 rings (SSSR count). The molecule has 0 aliphatic carbocycles. The van der Waals surface area contributed by atoms with Gasteiger partial charge in [0.25, 0.3) is 0 Å². The van der Waals surface area contributed by atoms with Gasteiger partial charge in [-0.2, -0.15) is 0 Å². The fourth-order valence-corrected chi connectivity index (χ4v) is 3.56. The molecule has 1 fully saturated rings. The summed E-state index contributed by atoms with van der Waals surface area (Å²) in [6, 6.07) is 6.84. The smallest absolute Gasteiger partial charge is 0.0399 e. The number of nitrogens with zero attached hydrogens (tertiary/aromatic N) is 1. The number of hydrogen-bond donors (Lipinski definition) is 1. The Morgan fingerprint density at radius 1 is 1.15 bits per heavy atom. The highest BCUT2D eigenvalue weighted by atomic mass is 15.1. The number of hydrogen-bond acceptors (Lipinski definition) is 2. The SMILES string of the molecule is CCC1(CC)CCN(c2ccc(C)cc2CCN)CC1. The largest absolute Gasteiger partial charge is 0.371 e. The Morgan fingerprint density at radius 3 is 2.35 bits per heavy atom. The lowest BCUT2D eigenvalue weighted by molar-refractivity contribution is 0.199. The zero-order chi connectivity index (χ0) is 14.6. The average molecular weight is 274 g/mol. The highest BCUT2D eigenvalue weighted by molar-refractivity contribution is 5.55. The summed E-state index contributed by atoms with van der Waals surface area (Å²) in [4.78, 5) is 2.58. The first-order valence-corrected chi connectivity index (χ1v) is 8.18. The van der Waals surface area contributed by atoms with E-state index in [0.717, 1.165) is 13.0 Å². The molecule has 2 nitrogen and oxygen atoms in total. The zero-order valence-corrected chi connectivity index (χ0v) is 13.4. The van der Waals surface area contributed by atoms with Crippen LogP contribution in [0.2, 0.25) is 0 Å². The molecule has 0 spiro atoms. The summed E-state index contributed by atoms with van der Waals surface area (Å²) < 4.78 is 0. The van der Waals surface area contributed by atoms with E-state index < -0.39 is 0 Å². The van der Waals surface area contributed by atoms with Crippen LogP contribution in [0.1, 0.15) is 50.7 Å². The van der Waals surface area contributed by atoms with Crippen molar-refractivity contribution in [3.05, 3.63) is 29.3 Å². The highest BCUT2D eigenvalue weighted by Crippen LogP contribution is 2.39.